The van der Waals surface area contributed by atoms with E-state index >= 15 is 0 Å². The van der Waals surface area contributed by atoms with Gasteiger partial charge >= 0.3 is 0 Å². The van der Waals surface area contributed by atoms with E-state index in [1.165, 1.54) is 0 Å². The minimum absolute atomic E-state index is 0.360. The highest BCUT2D eigenvalue weighted by Gasteiger charge is 2.27. The van der Waals surface area contributed by atoms with E-state index in [4.69, 9.17) is 105 Å². The van der Waals surface area contributed by atoms with Crippen molar-refractivity contribution in [1.82, 2.24) is 138 Å². The highest BCUT2D eigenvalue weighted by molar-refractivity contribution is 6.13. The van der Waals surface area contributed by atoms with E-state index in [-0.39, 0.29) is 0 Å². The van der Waals surface area contributed by atoms with Gasteiger partial charge in [-0.25, -0.2) is 83.5 Å². The molecular formula is C113H62N28. The Bertz CT molecular complexity index is 9690. The molecule has 22 heterocycles. The summed E-state index contributed by atoms with van der Waals surface area (Å²) in [5.41, 5.74) is 16.1. The van der Waals surface area contributed by atoms with Gasteiger partial charge in [-0.1, -0.05) is 176 Å². The van der Waals surface area contributed by atoms with Crippen molar-refractivity contribution in [3.63, 3.8) is 0 Å². The molecule has 0 aliphatic carbocycles. The van der Waals surface area contributed by atoms with Crippen LogP contribution in [-0.2, 0) is 0 Å². The quantitative estimate of drug-likeness (QED) is 0.121. The van der Waals surface area contributed by atoms with Gasteiger partial charge in [-0.15, -0.1) is 0 Å². The van der Waals surface area contributed by atoms with E-state index in [0.29, 0.717) is 115 Å². The predicted octanol–water partition coefficient (Wildman–Crippen LogP) is 23.1. The Hall–Kier alpha value is -20.3. The van der Waals surface area contributed by atoms with E-state index in [2.05, 4.69) is 105 Å². The van der Waals surface area contributed by atoms with Gasteiger partial charge in [0, 0.05) is 171 Å². The smallest absolute Gasteiger partial charge is 0.241 e. The predicted molar refractivity (Wildman–Crippen MR) is 550 cm³/mol. The molecule has 0 aliphatic heterocycles. The molecule has 0 aliphatic rings. The van der Waals surface area contributed by atoms with E-state index in [1.54, 1.807) is 68.2 Å². The zero-order valence-electron chi connectivity index (χ0n) is 73.8. The Labute approximate surface area is 794 Å². The van der Waals surface area contributed by atoms with Crippen LogP contribution in [0.5, 0.6) is 0 Å². The second-order valence-electron chi connectivity index (χ2n) is 33.9. The standard InChI is InChI=1S/C39H22N8.2C37H20N10/c1-3-9-27-23(7-1)13-15-25-17-19-31(42-33(25)27)35-44-36(32-20-18-26-16-14-24-8-2-4-10-28(24)34(26)43-32)46-39(45-35)47-37-29(11-5-21-40-37)30-12-6-22-41-38(30)47;1-5-21-9-11-23-13-15-27(42-31(23)29(21)38-17-1)33-44-34(28-16-14-24-12-10-22-6-2-18-39-30(22)32(24)43-28)46-37(45-33)47-35-25(7-3-19-40-35)26-8-4-20-41-36(26)47;1-5-21-11-12-24-19-25(20-42-31(24)29(21)38-15-1)33-44-34(28-14-13-23-10-9-22-6-2-16-39-30(22)32(23)43-28)46-37(45-33)47-35-26(7-3-17-40-35)27-8-4-18-41-36(27)47/h1-22H;2*1-20H. The van der Waals surface area contributed by atoms with Crippen LogP contribution >= 0.6 is 0 Å². The van der Waals surface area contributed by atoms with Crippen molar-refractivity contribution in [3.05, 3.63) is 378 Å². The molecule has 30 aromatic rings. The molecule has 8 aromatic carbocycles. The highest BCUT2D eigenvalue weighted by Crippen LogP contribution is 2.40. The van der Waals surface area contributed by atoms with Gasteiger partial charge in [-0.05, 0) is 144 Å². The lowest BCUT2D eigenvalue weighted by Crippen LogP contribution is -2.08. The maximum atomic E-state index is 5.13. The fraction of sp³-hybridized carbons (Fsp3) is 0. The van der Waals surface area contributed by atoms with Crippen LogP contribution in [0.2, 0.25) is 0 Å². The van der Waals surface area contributed by atoms with Gasteiger partial charge in [0.05, 0.1) is 55.2 Å². The van der Waals surface area contributed by atoms with Gasteiger partial charge in [-0.2, -0.15) is 29.9 Å². The number of aromatic nitrogens is 28. The topological polar surface area (TPSA) is 337 Å². The van der Waals surface area contributed by atoms with Gasteiger partial charge in [0.15, 0.2) is 34.9 Å². The Balaban J connectivity index is 0.000000104. The van der Waals surface area contributed by atoms with Crippen LogP contribution in [0, 0.1) is 0 Å². The molecule has 30 rings (SSSR count). The van der Waals surface area contributed by atoms with Crippen molar-refractivity contribution in [3.8, 4) is 86.8 Å². The monoisotopic (exact) mass is 1810 g/mol. The maximum absolute atomic E-state index is 5.13. The summed E-state index contributed by atoms with van der Waals surface area (Å²) in [5.74, 6) is 3.62. The number of rotatable bonds is 9. The van der Waals surface area contributed by atoms with Gasteiger partial charge in [-0.3, -0.25) is 24.9 Å². The molecule has 0 saturated heterocycles. The van der Waals surface area contributed by atoms with Crippen LogP contribution in [0.3, 0.4) is 0 Å². The third-order valence-electron chi connectivity index (χ3n) is 25.6. The summed E-state index contributed by atoms with van der Waals surface area (Å²) in [7, 11) is 0. The lowest BCUT2D eigenvalue weighted by molar-refractivity contribution is 0.928. The number of hydrogen-bond donors (Lipinski definition) is 0. The van der Waals surface area contributed by atoms with Crippen LogP contribution in [0.15, 0.2) is 378 Å². The van der Waals surface area contributed by atoms with Crippen LogP contribution in [-0.4, -0.2) is 138 Å². The van der Waals surface area contributed by atoms with E-state index < -0.39 is 0 Å². The lowest BCUT2D eigenvalue weighted by Gasteiger charge is -2.11. The first-order valence-electron chi connectivity index (χ1n) is 45.4. The Morgan fingerprint density at radius 2 is 0.355 bits per heavy atom. The van der Waals surface area contributed by atoms with Crippen LogP contribution in [0.4, 0.5) is 0 Å². The molecule has 0 fully saturated rings. The SMILES string of the molecule is c1ccc2c(c1)ccc1ccc(-c3nc(-c4ccc5ccc6ccccc6c5n4)nc(-n4c5ncccc5c5cccnc54)n3)nc12.c1cnc2c(c1)ccc1cc(-c3nc(-c4ccc5ccc6cccnc6c5n4)nc(-n4c5ncccc5c5cccnc54)n3)cnc12.c1cnc2c(c1)ccc1ccc(-c3nc(-c4ccc5ccc6cccnc6c5n4)nc(-n4c5ncccc5c5cccnc54)n3)nc12. The van der Waals surface area contributed by atoms with Crippen LogP contribution < -0.4 is 0 Å². The number of hydrogen-bond acceptors (Lipinski definition) is 25. The highest BCUT2D eigenvalue weighted by atomic mass is 15.3. The summed E-state index contributed by atoms with van der Waals surface area (Å²) in [5, 5.41) is 20.1. The van der Waals surface area contributed by atoms with Gasteiger partial charge < -0.3 is 0 Å². The molecular weight excluding hydrogens is 1750 g/mol. The summed E-state index contributed by atoms with van der Waals surface area (Å²) < 4.78 is 5.64. The lowest BCUT2D eigenvalue weighted by atomic mass is 10.1. The van der Waals surface area contributed by atoms with Gasteiger partial charge in [0.1, 0.15) is 62.4 Å². The average Bonchev–Trinajstić information content (AvgIpc) is 1.61. The molecule has 0 amide bonds. The van der Waals surface area contributed by atoms with E-state index in [0.717, 1.165) is 168 Å². The second kappa shape index (κ2) is 32.3. The Morgan fingerprint density at radius 3 is 0.674 bits per heavy atom. The normalized spacial score (nSPS) is 11.8. The summed E-state index contributed by atoms with van der Waals surface area (Å²) in [6.07, 6.45) is 19.5. The van der Waals surface area contributed by atoms with Crippen LogP contribution in [0.25, 0.3) is 284 Å². The Morgan fingerprint density at radius 1 is 0.142 bits per heavy atom. The van der Waals surface area contributed by atoms with E-state index in [9.17, 15) is 0 Å². The van der Waals surface area contributed by atoms with Gasteiger partial charge in [0.25, 0.3) is 0 Å². The Kier molecular flexibility index (Phi) is 18.1. The molecule has 28 nitrogen and oxygen atoms in total. The second-order valence-corrected chi connectivity index (χ2v) is 33.9. The molecule has 0 spiro atoms. The first-order chi connectivity index (χ1) is 69.8. The van der Waals surface area contributed by atoms with Crippen molar-refractivity contribution >= 4 is 197 Å². The first-order valence-corrected chi connectivity index (χ1v) is 45.4. The molecule has 0 bridgehead atoms. The van der Waals surface area contributed by atoms with Crippen molar-refractivity contribution in [2.75, 3.05) is 0 Å². The molecule has 654 valence electrons. The molecule has 0 N–H and O–H groups in total. The summed E-state index contributed by atoms with van der Waals surface area (Å²) >= 11 is 0. The molecule has 0 unspecified atom stereocenters. The van der Waals surface area contributed by atoms with Crippen molar-refractivity contribution in [2.24, 2.45) is 0 Å². The molecule has 0 radical (unpaired) electrons. The van der Waals surface area contributed by atoms with Crippen molar-refractivity contribution < 1.29 is 0 Å². The summed E-state index contributed by atoms with van der Waals surface area (Å²) in [6.45, 7) is 0. The number of fused-ring (bicyclic) bond motifs is 27. The molecule has 141 heavy (non-hydrogen) atoms. The van der Waals surface area contributed by atoms with E-state index in [1.807, 2.05) is 238 Å². The van der Waals surface area contributed by atoms with Gasteiger partial charge in [0.2, 0.25) is 17.8 Å². The molecule has 22 aromatic heterocycles. The number of pyridine rings is 16. The first kappa shape index (κ1) is 79.3. The molecule has 28 heteroatoms. The fourth-order valence-electron chi connectivity index (χ4n) is 19.0. The fourth-order valence-corrected chi connectivity index (χ4v) is 19.0. The zero-order chi connectivity index (χ0) is 92.7. The minimum Gasteiger partial charge on any atom is -0.254 e. The van der Waals surface area contributed by atoms with Crippen molar-refractivity contribution in [2.45, 2.75) is 0 Å². The van der Waals surface area contributed by atoms with Crippen LogP contribution in [0.1, 0.15) is 0 Å². The number of benzene rings is 8. The largest absolute Gasteiger partial charge is 0.254 e. The maximum Gasteiger partial charge on any atom is 0.241 e. The summed E-state index contributed by atoms with van der Waals surface area (Å²) in [4.78, 5) is 122. The average molecular weight is 1810 g/mol. The minimum atomic E-state index is 0.360. The summed E-state index contributed by atoms with van der Waals surface area (Å²) in [6, 6.07) is 103. The van der Waals surface area contributed by atoms with Crippen molar-refractivity contribution in [1.29, 1.82) is 0 Å². The third-order valence-corrected chi connectivity index (χ3v) is 25.6. The zero-order valence-corrected chi connectivity index (χ0v) is 73.8. The molecule has 0 saturated carbocycles. The third kappa shape index (κ3) is 13.4. The number of nitrogens with zero attached hydrogens (tertiary/aromatic N) is 28. The molecule has 0 atom stereocenters.